The van der Waals surface area contributed by atoms with E-state index in [0.29, 0.717) is 24.0 Å². The molecule has 3 rings (SSSR count). The minimum absolute atomic E-state index is 0.270. The second-order valence-corrected chi connectivity index (χ2v) is 10.2. The zero-order chi connectivity index (χ0) is 20.3. The summed E-state index contributed by atoms with van der Waals surface area (Å²) in [6.07, 6.45) is 19.9. The summed E-state index contributed by atoms with van der Waals surface area (Å²) in [5.41, 5.74) is 0. The highest BCUT2D eigenvalue weighted by molar-refractivity contribution is 7.99. The van der Waals surface area contributed by atoms with Crippen molar-refractivity contribution in [2.75, 3.05) is 11.5 Å². The first-order valence-corrected chi connectivity index (χ1v) is 12.9. The van der Waals surface area contributed by atoms with Gasteiger partial charge in [0, 0.05) is 25.0 Å². The molecule has 2 bridgehead atoms. The molecule has 0 aromatic rings. The van der Waals surface area contributed by atoms with Crippen LogP contribution >= 0.6 is 11.8 Å². The summed E-state index contributed by atoms with van der Waals surface area (Å²) in [4.78, 5) is 10.6. The summed E-state index contributed by atoms with van der Waals surface area (Å²) in [7, 11) is 0. The molecule has 3 fully saturated rings. The molecule has 162 valence electrons. The van der Waals surface area contributed by atoms with Crippen LogP contribution in [0.1, 0.15) is 83.5 Å². The molecule has 4 atom stereocenters. The van der Waals surface area contributed by atoms with E-state index < -0.39 is 5.97 Å². The third-order valence-corrected chi connectivity index (χ3v) is 7.90. The summed E-state index contributed by atoms with van der Waals surface area (Å²) < 4.78 is 6.22. The lowest BCUT2D eigenvalue weighted by molar-refractivity contribution is -0.137. The lowest BCUT2D eigenvalue weighted by Crippen LogP contribution is -2.27. The van der Waals surface area contributed by atoms with Gasteiger partial charge in [-0.05, 0) is 74.9 Å². The summed E-state index contributed by atoms with van der Waals surface area (Å²) in [5.74, 6) is 10.7. The monoisotopic (exact) mass is 418 g/mol. The summed E-state index contributed by atoms with van der Waals surface area (Å²) in [6.45, 7) is 0. The molecule has 0 radical (unpaired) electrons. The fourth-order valence-corrected chi connectivity index (χ4v) is 6.19. The lowest BCUT2D eigenvalue weighted by Gasteiger charge is -2.27. The van der Waals surface area contributed by atoms with E-state index in [2.05, 4.69) is 35.8 Å². The van der Waals surface area contributed by atoms with Gasteiger partial charge in [-0.15, -0.1) is 11.8 Å². The average molecular weight is 419 g/mol. The van der Waals surface area contributed by atoms with Crippen molar-refractivity contribution in [3.63, 3.8) is 0 Å². The molecule has 1 aliphatic carbocycles. The number of aliphatic carboxylic acids is 1. The summed E-state index contributed by atoms with van der Waals surface area (Å²) >= 11 is 2.06. The van der Waals surface area contributed by atoms with E-state index in [4.69, 9.17) is 9.84 Å². The van der Waals surface area contributed by atoms with Gasteiger partial charge >= 0.3 is 5.97 Å². The van der Waals surface area contributed by atoms with Crippen molar-refractivity contribution in [3.05, 3.63) is 12.2 Å². The van der Waals surface area contributed by atoms with Crippen LogP contribution < -0.4 is 0 Å². The number of thioether (sulfide) groups is 1. The normalized spacial score (nSPS) is 28.8. The van der Waals surface area contributed by atoms with Gasteiger partial charge in [0.2, 0.25) is 0 Å². The number of rotatable bonds is 12. The van der Waals surface area contributed by atoms with Gasteiger partial charge in [-0.3, -0.25) is 4.79 Å². The second kappa shape index (κ2) is 12.7. The van der Waals surface area contributed by atoms with Gasteiger partial charge in [0.15, 0.2) is 0 Å². The Morgan fingerprint density at radius 2 is 1.83 bits per heavy atom. The number of carbonyl (C=O) groups is 1. The largest absolute Gasteiger partial charge is 0.481 e. The maximum absolute atomic E-state index is 10.6. The fourth-order valence-electron chi connectivity index (χ4n) is 5.30. The van der Waals surface area contributed by atoms with Crippen LogP contribution in [0.3, 0.4) is 0 Å². The third-order valence-electron chi connectivity index (χ3n) is 6.88. The number of allylic oxidation sites excluding steroid dienone is 2. The van der Waals surface area contributed by atoms with Crippen LogP contribution in [-0.2, 0) is 9.53 Å². The van der Waals surface area contributed by atoms with Gasteiger partial charge in [0.05, 0.1) is 12.2 Å². The minimum atomic E-state index is -0.697. The van der Waals surface area contributed by atoms with Crippen LogP contribution in [0.4, 0.5) is 0 Å². The number of ether oxygens (including phenoxy) is 1. The lowest BCUT2D eigenvalue weighted by atomic mass is 9.76. The first-order chi connectivity index (χ1) is 14.2. The molecule has 0 unspecified atom stereocenters. The number of fused-ring (bicyclic) bond motifs is 2. The van der Waals surface area contributed by atoms with Crippen LogP contribution in [0.2, 0.25) is 0 Å². The van der Waals surface area contributed by atoms with Gasteiger partial charge in [-0.2, -0.15) is 11.8 Å². The van der Waals surface area contributed by atoms with Crippen LogP contribution in [0, 0.1) is 29.6 Å². The molecule has 3 nitrogen and oxygen atoms in total. The molecule has 2 aliphatic heterocycles. The highest BCUT2D eigenvalue weighted by Gasteiger charge is 2.47. The average Bonchev–Trinajstić information content (AvgIpc) is 3.44. The summed E-state index contributed by atoms with van der Waals surface area (Å²) in [6, 6.07) is 0. The molecule has 1 saturated carbocycles. The van der Waals surface area contributed by atoms with Crippen molar-refractivity contribution < 1.29 is 14.6 Å². The van der Waals surface area contributed by atoms with E-state index in [1.54, 1.807) is 0 Å². The minimum Gasteiger partial charge on any atom is -0.481 e. The van der Waals surface area contributed by atoms with Crippen molar-refractivity contribution in [1.29, 1.82) is 0 Å². The smallest absolute Gasteiger partial charge is 0.303 e. The number of hydrogen-bond donors (Lipinski definition) is 1. The van der Waals surface area contributed by atoms with Crippen LogP contribution in [0.5, 0.6) is 0 Å². The maximum Gasteiger partial charge on any atom is 0.303 e. The fraction of sp³-hybridized carbons (Fsp3) is 0.800. The molecule has 0 aromatic heterocycles. The number of unbranched alkanes of at least 4 members (excludes halogenated alkanes) is 1. The maximum atomic E-state index is 10.6. The number of hydrogen-bond acceptors (Lipinski definition) is 3. The van der Waals surface area contributed by atoms with E-state index in [1.807, 2.05) is 0 Å². The molecule has 0 aromatic carbocycles. The molecule has 0 amide bonds. The van der Waals surface area contributed by atoms with Gasteiger partial charge in [-0.25, -0.2) is 0 Å². The molecule has 0 spiro atoms. The molecular weight excluding hydrogens is 380 g/mol. The van der Waals surface area contributed by atoms with Crippen molar-refractivity contribution in [3.8, 4) is 11.8 Å². The molecule has 2 saturated heterocycles. The Labute approximate surface area is 181 Å². The quantitative estimate of drug-likeness (QED) is 0.237. The highest BCUT2D eigenvalue weighted by atomic mass is 32.2. The topological polar surface area (TPSA) is 46.5 Å². The molecule has 29 heavy (non-hydrogen) atoms. The van der Waals surface area contributed by atoms with Crippen molar-refractivity contribution in [2.45, 2.75) is 95.7 Å². The number of carboxylic acids is 1. The molecule has 1 N–H and O–H groups in total. The van der Waals surface area contributed by atoms with Gasteiger partial charge in [-0.1, -0.05) is 25.0 Å². The molecule has 3 aliphatic rings. The van der Waals surface area contributed by atoms with Crippen LogP contribution in [0.15, 0.2) is 12.2 Å². The van der Waals surface area contributed by atoms with Crippen molar-refractivity contribution in [1.82, 2.24) is 0 Å². The molecule has 4 heteroatoms. The second-order valence-electron chi connectivity index (χ2n) is 8.97. The Balaban J connectivity index is 1.28. The van der Waals surface area contributed by atoms with Gasteiger partial charge in [0.25, 0.3) is 0 Å². The van der Waals surface area contributed by atoms with E-state index in [0.717, 1.165) is 43.8 Å². The van der Waals surface area contributed by atoms with Crippen LogP contribution in [0.25, 0.3) is 0 Å². The molecule has 2 heterocycles. The van der Waals surface area contributed by atoms with Gasteiger partial charge in [0.1, 0.15) is 0 Å². The van der Waals surface area contributed by atoms with Gasteiger partial charge < -0.3 is 9.84 Å². The first-order valence-electron chi connectivity index (χ1n) is 11.8. The predicted molar refractivity (Wildman–Crippen MR) is 121 cm³/mol. The van der Waals surface area contributed by atoms with Crippen LogP contribution in [-0.4, -0.2) is 34.8 Å². The summed E-state index contributed by atoms with van der Waals surface area (Å²) in [5, 5.41) is 8.71. The SMILES string of the molecule is O=C(O)CCCC=CC[C@@H]1[C@@H](CCSCCC#CCC2CCCC2)[C@@H]2CC[C@H]1O2. The zero-order valence-corrected chi connectivity index (χ0v) is 18.6. The third kappa shape index (κ3) is 7.68. The van der Waals surface area contributed by atoms with Crippen molar-refractivity contribution in [2.24, 2.45) is 17.8 Å². The van der Waals surface area contributed by atoms with E-state index in [9.17, 15) is 4.79 Å². The highest BCUT2D eigenvalue weighted by Crippen LogP contribution is 2.47. The van der Waals surface area contributed by atoms with Crippen molar-refractivity contribution >= 4 is 17.7 Å². The Hall–Kier alpha value is -0.920. The Bertz CT molecular complexity index is 585. The zero-order valence-electron chi connectivity index (χ0n) is 17.8. The predicted octanol–water partition coefficient (Wildman–Crippen LogP) is 6.08. The Kier molecular flexibility index (Phi) is 9.97. The Morgan fingerprint density at radius 1 is 1.03 bits per heavy atom. The molecular formula is C25H38O3S. The van der Waals surface area contributed by atoms with E-state index >= 15 is 0 Å². The standard InChI is InChI=1S/C25H38O3S/c26-25(27)14-6-2-1-5-13-21-22(24-16-15-23(21)28-24)17-19-29-18-9-3-4-10-20-11-7-8-12-20/h1,5,20-24H,2,6-19H2,(H,26,27)/t21-,22-,23-,24+/m1/s1. The Morgan fingerprint density at radius 3 is 2.62 bits per heavy atom. The number of carboxylic acid groups (broad SMARTS) is 1. The first kappa shape index (κ1) is 22.8. The van der Waals surface area contributed by atoms with E-state index in [1.165, 1.54) is 50.7 Å². The van der Waals surface area contributed by atoms with E-state index in [-0.39, 0.29) is 6.42 Å².